The van der Waals surface area contributed by atoms with Crippen LogP contribution < -0.4 is 0 Å². The van der Waals surface area contributed by atoms with E-state index >= 15 is 0 Å². The van der Waals surface area contributed by atoms with Gasteiger partial charge in [0.15, 0.2) is 0 Å². The van der Waals surface area contributed by atoms with Gasteiger partial charge in [0.2, 0.25) is 0 Å². The Balaban J connectivity index is 2.48. The monoisotopic (exact) mass is 440 g/mol. The number of unbranched alkanes of at least 4 members (excludes halogenated alkanes) is 5. The lowest BCUT2D eigenvalue weighted by atomic mass is 9.72. The quantitative estimate of drug-likeness (QED) is 0.101. The number of carbonyl (C=O) groups excluding carboxylic acids is 2. The molecule has 3 heteroatoms. The van der Waals surface area contributed by atoms with E-state index in [0.29, 0.717) is 6.42 Å². The number of esters is 2. The summed E-state index contributed by atoms with van der Waals surface area (Å²) in [4.78, 5) is 23.7. The minimum Gasteiger partial charge on any atom is -0.390 e. The zero-order chi connectivity index (χ0) is 24.0. The van der Waals surface area contributed by atoms with Crippen molar-refractivity contribution in [2.24, 2.45) is 5.41 Å². The first kappa shape index (κ1) is 27.9. The Hall–Kier alpha value is -2.16. The van der Waals surface area contributed by atoms with E-state index in [1.807, 2.05) is 25.2 Å². The molecule has 3 nitrogen and oxygen atoms in total. The summed E-state index contributed by atoms with van der Waals surface area (Å²) < 4.78 is 4.89. The van der Waals surface area contributed by atoms with Crippen LogP contribution in [0.5, 0.6) is 0 Å². The number of ether oxygens (including phenoxy) is 1. The van der Waals surface area contributed by atoms with Crippen LogP contribution in [0.1, 0.15) is 106 Å². The third kappa shape index (κ3) is 11.5. The molecule has 1 rings (SSSR count). The van der Waals surface area contributed by atoms with Gasteiger partial charge in [-0.3, -0.25) is 4.79 Å². The fourth-order valence-electron chi connectivity index (χ4n) is 4.11. The maximum absolute atomic E-state index is 11.9. The van der Waals surface area contributed by atoms with Gasteiger partial charge in [-0.15, -0.1) is 0 Å². The van der Waals surface area contributed by atoms with Crippen molar-refractivity contribution in [2.45, 2.75) is 106 Å². The van der Waals surface area contributed by atoms with Crippen LogP contribution in [0.3, 0.4) is 0 Å². The van der Waals surface area contributed by atoms with E-state index in [2.05, 4.69) is 46.8 Å². The first-order valence-electron chi connectivity index (χ1n) is 12.3. The van der Waals surface area contributed by atoms with Gasteiger partial charge in [-0.2, -0.15) is 0 Å². The minimum atomic E-state index is -0.592. The number of allylic oxidation sites excluding steroid dienone is 9. The van der Waals surface area contributed by atoms with Crippen molar-refractivity contribution in [3.63, 3.8) is 0 Å². The largest absolute Gasteiger partial charge is 0.390 e. The third-order valence-corrected chi connectivity index (χ3v) is 6.07. The van der Waals surface area contributed by atoms with Crippen molar-refractivity contribution >= 4 is 11.9 Å². The van der Waals surface area contributed by atoms with Crippen LogP contribution in [0.2, 0.25) is 0 Å². The van der Waals surface area contributed by atoms with Gasteiger partial charge in [-0.1, -0.05) is 94.4 Å². The molecule has 0 heterocycles. The highest BCUT2D eigenvalue weighted by Crippen LogP contribution is 2.40. The Labute approximate surface area is 196 Å². The van der Waals surface area contributed by atoms with Crippen molar-refractivity contribution in [1.29, 1.82) is 0 Å². The standard InChI is InChI=1S/C29H44O3/c1-7-8-9-10-11-12-18-27(30)32-28(31)22-24(3)16-13-15-23(2)19-20-26-25(4)17-14-21-29(26,5)6/h13,15-16,19-20,22H,7-12,14,17-18,21H2,1-6H3/b16-13+,20-19+,23-15+,24-22+. The van der Waals surface area contributed by atoms with Crippen molar-refractivity contribution in [3.8, 4) is 0 Å². The number of hydrogen-bond acceptors (Lipinski definition) is 3. The lowest BCUT2D eigenvalue weighted by Gasteiger charge is -2.32. The summed E-state index contributed by atoms with van der Waals surface area (Å²) >= 11 is 0. The third-order valence-electron chi connectivity index (χ3n) is 6.07. The highest BCUT2D eigenvalue weighted by molar-refractivity contribution is 5.92. The topological polar surface area (TPSA) is 43.4 Å². The normalized spacial score (nSPS) is 17.4. The fourth-order valence-corrected chi connectivity index (χ4v) is 4.11. The summed E-state index contributed by atoms with van der Waals surface area (Å²) in [6.45, 7) is 13.0. The van der Waals surface area contributed by atoms with Gasteiger partial charge in [-0.05, 0) is 63.0 Å². The highest BCUT2D eigenvalue weighted by Gasteiger charge is 2.26. The molecular weight excluding hydrogens is 396 g/mol. The molecule has 0 aromatic rings. The van der Waals surface area contributed by atoms with Crippen LogP contribution in [0.15, 0.2) is 58.7 Å². The zero-order valence-corrected chi connectivity index (χ0v) is 21.3. The van der Waals surface area contributed by atoms with E-state index in [4.69, 9.17) is 4.74 Å². The highest BCUT2D eigenvalue weighted by atomic mass is 16.6. The van der Waals surface area contributed by atoms with Gasteiger partial charge in [0.25, 0.3) is 0 Å². The molecule has 0 fully saturated rings. The van der Waals surface area contributed by atoms with Crippen molar-refractivity contribution in [1.82, 2.24) is 0 Å². The van der Waals surface area contributed by atoms with Crippen molar-refractivity contribution in [3.05, 3.63) is 58.7 Å². The van der Waals surface area contributed by atoms with Gasteiger partial charge >= 0.3 is 11.9 Å². The van der Waals surface area contributed by atoms with Gasteiger partial charge < -0.3 is 4.74 Å². The molecule has 1 aliphatic carbocycles. The van der Waals surface area contributed by atoms with Crippen LogP contribution in [-0.4, -0.2) is 11.9 Å². The minimum absolute atomic E-state index is 0.237. The fraction of sp³-hybridized carbons (Fsp3) is 0.586. The van der Waals surface area contributed by atoms with Crippen LogP contribution in [0, 0.1) is 5.41 Å². The Morgan fingerprint density at radius 3 is 2.38 bits per heavy atom. The van der Waals surface area contributed by atoms with E-state index in [-0.39, 0.29) is 5.41 Å². The molecule has 0 saturated carbocycles. The van der Waals surface area contributed by atoms with E-state index in [9.17, 15) is 9.59 Å². The number of rotatable bonds is 12. The molecule has 178 valence electrons. The molecule has 32 heavy (non-hydrogen) atoms. The van der Waals surface area contributed by atoms with E-state index < -0.39 is 11.9 Å². The van der Waals surface area contributed by atoms with Crippen molar-refractivity contribution < 1.29 is 14.3 Å². The lowest BCUT2D eigenvalue weighted by molar-refractivity contribution is -0.156. The van der Waals surface area contributed by atoms with Crippen LogP contribution >= 0.6 is 0 Å². The predicted octanol–water partition coefficient (Wildman–Crippen LogP) is 8.34. The Morgan fingerprint density at radius 2 is 1.69 bits per heavy atom. The Kier molecular flexibility index (Phi) is 12.9. The van der Waals surface area contributed by atoms with Gasteiger partial charge in [0.1, 0.15) is 0 Å². The molecule has 0 saturated heterocycles. The van der Waals surface area contributed by atoms with E-state index in [1.165, 1.54) is 55.7 Å². The van der Waals surface area contributed by atoms with Gasteiger partial charge in [0.05, 0.1) is 0 Å². The zero-order valence-electron chi connectivity index (χ0n) is 21.3. The summed E-state index contributed by atoms with van der Waals surface area (Å²) in [5.74, 6) is -1.03. The molecule has 0 amide bonds. The molecule has 1 aliphatic rings. The summed E-state index contributed by atoms with van der Waals surface area (Å²) in [6, 6.07) is 0. The molecule has 0 spiro atoms. The summed E-state index contributed by atoms with van der Waals surface area (Å²) in [7, 11) is 0. The van der Waals surface area contributed by atoms with Gasteiger partial charge in [-0.25, -0.2) is 4.79 Å². The van der Waals surface area contributed by atoms with Crippen LogP contribution in [-0.2, 0) is 14.3 Å². The summed E-state index contributed by atoms with van der Waals surface area (Å²) in [5, 5.41) is 0. The second kappa shape index (κ2) is 14.8. The maximum Gasteiger partial charge on any atom is 0.338 e. The second-order valence-corrected chi connectivity index (χ2v) is 9.73. The Morgan fingerprint density at radius 1 is 1.00 bits per heavy atom. The molecule has 0 N–H and O–H groups in total. The lowest BCUT2D eigenvalue weighted by Crippen LogP contribution is -2.19. The predicted molar refractivity (Wildman–Crippen MR) is 135 cm³/mol. The molecular formula is C29H44O3. The average molecular weight is 441 g/mol. The summed E-state index contributed by atoms with van der Waals surface area (Å²) in [6.07, 6.45) is 22.1. The number of carbonyl (C=O) groups is 2. The number of hydrogen-bond donors (Lipinski definition) is 0. The molecule has 0 aromatic carbocycles. The smallest absolute Gasteiger partial charge is 0.338 e. The van der Waals surface area contributed by atoms with Crippen LogP contribution in [0.25, 0.3) is 0 Å². The maximum atomic E-state index is 11.9. The SMILES string of the molecule is CCCCCCCCC(=O)OC(=O)/C=C(C)/C=C/C=C(C)/C=C/C1=C(C)CCCC1(C)C. The molecule has 0 atom stereocenters. The average Bonchev–Trinajstić information content (AvgIpc) is 2.69. The van der Waals surface area contributed by atoms with Crippen LogP contribution in [0.4, 0.5) is 0 Å². The Bertz CT molecular complexity index is 772. The first-order chi connectivity index (χ1) is 15.2. The first-order valence-corrected chi connectivity index (χ1v) is 12.3. The summed E-state index contributed by atoms with van der Waals surface area (Å²) in [5.41, 5.74) is 5.07. The molecule has 0 unspecified atom stereocenters. The molecule has 0 aliphatic heterocycles. The van der Waals surface area contributed by atoms with Gasteiger partial charge in [0, 0.05) is 12.5 Å². The second-order valence-electron chi connectivity index (χ2n) is 9.73. The molecule has 0 bridgehead atoms. The van der Waals surface area contributed by atoms with Crippen molar-refractivity contribution in [2.75, 3.05) is 0 Å². The van der Waals surface area contributed by atoms with E-state index in [0.717, 1.165) is 30.4 Å². The molecule has 0 aromatic heterocycles. The molecule has 0 radical (unpaired) electrons. The van der Waals surface area contributed by atoms with E-state index in [1.54, 1.807) is 0 Å².